The Kier molecular flexibility index (Phi) is 5.50. The lowest BCUT2D eigenvalue weighted by Gasteiger charge is -2.22. The molecule has 0 unspecified atom stereocenters. The van der Waals surface area contributed by atoms with Gasteiger partial charge in [-0.1, -0.05) is 18.5 Å². The molecule has 0 fully saturated rings. The fourth-order valence-corrected chi connectivity index (χ4v) is 6.05. The number of aliphatic hydroxyl groups excluding tert-OH is 1. The lowest BCUT2D eigenvalue weighted by molar-refractivity contribution is 0.163. The zero-order valence-corrected chi connectivity index (χ0v) is 15.2. The van der Waals surface area contributed by atoms with Crippen molar-refractivity contribution in [1.82, 2.24) is 4.31 Å². The van der Waals surface area contributed by atoms with Crippen LogP contribution in [0.4, 0.5) is 0 Å². The minimum atomic E-state index is -3.61. The number of thiophene rings is 1. The number of halogens is 1. The quantitative estimate of drug-likeness (QED) is 0.854. The first-order chi connectivity index (χ1) is 10.3. The van der Waals surface area contributed by atoms with Gasteiger partial charge in [0.25, 0.3) is 10.0 Å². The van der Waals surface area contributed by atoms with Crippen LogP contribution in [0.5, 0.6) is 0 Å². The maximum Gasteiger partial charge on any atom is 0.252 e. The van der Waals surface area contributed by atoms with Crippen molar-refractivity contribution in [3.05, 3.63) is 28.8 Å². The van der Waals surface area contributed by atoms with Crippen molar-refractivity contribution >= 4 is 43.0 Å². The molecule has 7 heteroatoms. The molecule has 0 saturated carbocycles. The second kappa shape index (κ2) is 6.84. The molecule has 0 bridgehead atoms. The maximum atomic E-state index is 12.9. The molecule has 2 aromatic rings. The van der Waals surface area contributed by atoms with E-state index in [2.05, 4.69) is 0 Å². The average Bonchev–Trinajstić information content (AvgIpc) is 2.76. The summed E-state index contributed by atoms with van der Waals surface area (Å²) in [7, 11) is -3.61. The standard InChI is InChI=1S/C15H20ClNO3S2/c1-4-7-17(9-10(2)18)22(19,20)15-11(3)13-8-12(16)5-6-14(13)21-15/h5-6,8,10,18H,4,7,9H2,1-3H3/t10-/m0/s1. The molecule has 0 aliphatic heterocycles. The Morgan fingerprint density at radius 3 is 2.68 bits per heavy atom. The zero-order chi connectivity index (χ0) is 16.5. The number of nitrogens with zero attached hydrogens (tertiary/aromatic N) is 1. The van der Waals surface area contributed by atoms with Crippen molar-refractivity contribution in [3.63, 3.8) is 0 Å². The third-order valence-corrected chi connectivity index (χ3v) is 7.34. The molecule has 0 spiro atoms. The average molecular weight is 362 g/mol. The summed E-state index contributed by atoms with van der Waals surface area (Å²) in [5.41, 5.74) is 0.717. The van der Waals surface area contributed by atoms with Crippen LogP contribution in [0.25, 0.3) is 10.1 Å². The summed E-state index contributed by atoms with van der Waals surface area (Å²) in [6, 6.07) is 5.39. The van der Waals surface area contributed by atoms with E-state index in [1.165, 1.54) is 15.6 Å². The van der Waals surface area contributed by atoms with E-state index in [1.54, 1.807) is 26.0 Å². The molecule has 0 radical (unpaired) electrons. The molecule has 1 heterocycles. The highest BCUT2D eigenvalue weighted by molar-refractivity contribution is 7.91. The van der Waals surface area contributed by atoms with Gasteiger partial charge in [0.2, 0.25) is 0 Å². The van der Waals surface area contributed by atoms with Gasteiger partial charge < -0.3 is 5.11 Å². The van der Waals surface area contributed by atoms with Crippen molar-refractivity contribution in [3.8, 4) is 0 Å². The van der Waals surface area contributed by atoms with E-state index in [9.17, 15) is 13.5 Å². The predicted molar refractivity (Wildman–Crippen MR) is 92.3 cm³/mol. The molecule has 1 N–H and O–H groups in total. The third kappa shape index (κ3) is 3.46. The first kappa shape index (κ1) is 17.7. The summed E-state index contributed by atoms with van der Waals surface area (Å²) in [5, 5.41) is 11.0. The van der Waals surface area contributed by atoms with E-state index >= 15 is 0 Å². The third-order valence-electron chi connectivity index (χ3n) is 3.37. The smallest absolute Gasteiger partial charge is 0.252 e. The van der Waals surface area contributed by atoms with Crippen LogP contribution in [0.1, 0.15) is 25.8 Å². The second-order valence-corrected chi connectivity index (χ2v) is 8.99. The number of sulfonamides is 1. The van der Waals surface area contributed by atoms with Crippen LogP contribution in [0, 0.1) is 6.92 Å². The van der Waals surface area contributed by atoms with Gasteiger partial charge in [0.15, 0.2) is 0 Å². The van der Waals surface area contributed by atoms with E-state index < -0.39 is 16.1 Å². The minimum absolute atomic E-state index is 0.102. The van der Waals surface area contributed by atoms with Gasteiger partial charge >= 0.3 is 0 Å². The Bertz CT molecular complexity index is 768. The summed E-state index contributed by atoms with van der Waals surface area (Å²) in [6.45, 7) is 5.80. The molecular weight excluding hydrogens is 342 g/mol. The lowest BCUT2D eigenvalue weighted by Crippen LogP contribution is -2.37. The molecular formula is C15H20ClNO3S2. The lowest BCUT2D eigenvalue weighted by atomic mass is 10.2. The second-order valence-electron chi connectivity index (χ2n) is 5.37. The van der Waals surface area contributed by atoms with Crippen molar-refractivity contribution in [2.45, 2.75) is 37.5 Å². The van der Waals surface area contributed by atoms with E-state index in [-0.39, 0.29) is 6.54 Å². The summed E-state index contributed by atoms with van der Waals surface area (Å²) < 4.78 is 28.4. The SMILES string of the molecule is CCCN(C[C@H](C)O)S(=O)(=O)c1sc2ccc(Cl)cc2c1C. The number of hydrogen-bond acceptors (Lipinski definition) is 4. The van der Waals surface area contributed by atoms with Crippen molar-refractivity contribution in [2.75, 3.05) is 13.1 Å². The van der Waals surface area contributed by atoms with Gasteiger partial charge in [-0.25, -0.2) is 8.42 Å². The zero-order valence-electron chi connectivity index (χ0n) is 12.8. The highest BCUT2D eigenvalue weighted by Gasteiger charge is 2.29. The first-order valence-corrected chi connectivity index (χ1v) is 9.77. The summed E-state index contributed by atoms with van der Waals surface area (Å²) >= 11 is 7.26. The van der Waals surface area contributed by atoms with Gasteiger partial charge in [0.1, 0.15) is 4.21 Å². The van der Waals surface area contributed by atoms with Gasteiger partial charge in [0, 0.05) is 22.8 Å². The minimum Gasteiger partial charge on any atom is -0.392 e. The number of hydrogen-bond donors (Lipinski definition) is 1. The Balaban J connectivity index is 2.54. The number of aliphatic hydroxyl groups is 1. The van der Waals surface area contributed by atoms with Crippen LogP contribution in [0.2, 0.25) is 5.02 Å². The molecule has 1 atom stereocenters. The summed E-state index contributed by atoms with van der Waals surface area (Å²) in [5.74, 6) is 0. The molecule has 122 valence electrons. The number of rotatable bonds is 6. The van der Waals surface area contributed by atoms with Crippen molar-refractivity contribution in [1.29, 1.82) is 0 Å². The Morgan fingerprint density at radius 2 is 2.09 bits per heavy atom. The molecule has 4 nitrogen and oxygen atoms in total. The first-order valence-electron chi connectivity index (χ1n) is 7.14. The highest BCUT2D eigenvalue weighted by atomic mass is 35.5. The molecule has 1 aromatic carbocycles. The van der Waals surface area contributed by atoms with E-state index in [0.29, 0.717) is 27.8 Å². The largest absolute Gasteiger partial charge is 0.392 e. The molecule has 0 saturated heterocycles. The molecule has 0 aliphatic rings. The number of benzene rings is 1. The Labute approximate surface area is 140 Å². The number of fused-ring (bicyclic) bond motifs is 1. The predicted octanol–water partition coefficient (Wildman–Crippen LogP) is 3.64. The van der Waals surface area contributed by atoms with Crippen LogP contribution < -0.4 is 0 Å². The van der Waals surface area contributed by atoms with Crippen LogP contribution >= 0.6 is 22.9 Å². The number of aryl methyl sites for hydroxylation is 1. The maximum absolute atomic E-state index is 12.9. The van der Waals surface area contributed by atoms with E-state index in [4.69, 9.17) is 11.6 Å². The van der Waals surface area contributed by atoms with Gasteiger partial charge in [-0.15, -0.1) is 11.3 Å². The molecule has 0 aliphatic carbocycles. The fraction of sp³-hybridized carbons (Fsp3) is 0.467. The molecule has 1 aromatic heterocycles. The monoisotopic (exact) mass is 361 g/mol. The van der Waals surface area contributed by atoms with Crippen LogP contribution in [-0.4, -0.2) is 37.0 Å². The normalized spacial score (nSPS) is 13.9. The van der Waals surface area contributed by atoms with Gasteiger partial charge in [-0.05, 0) is 49.4 Å². The molecule has 2 rings (SSSR count). The fourth-order valence-electron chi connectivity index (χ4n) is 2.39. The Morgan fingerprint density at radius 1 is 1.41 bits per heavy atom. The van der Waals surface area contributed by atoms with Gasteiger partial charge in [-0.3, -0.25) is 0 Å². The van der Waals surface area contributed by atoms with Crippen LogP contribution in [-0.2, 0) is 10.0 Å². The Hall–Kier alpha value is -0.660. The van der Waals surface area contributed by atoms with Crippen molar-refractivity contribution < 1.29 is 13.5 Å². The molecule has 0 amide bonds. The highest BCUT2D eigenvalue weighted by Crippen LogP contribution is 2.37. The summed E-state index contributed by atoms with van der Waals surface area (Å²) in [6.07, 6.45) is -0.00713. The van der Waals surface area contributed by atoms with Gasteiger partial charge in [-0.2, -0.15) is 4.31 Å². The van der Waals surface area contributed by atoms with Crippen LogP contribution in [0.3, 0.4) is 0 Å². The van der Waals surface area contributed by atoms with E-state index in [0.717, 1.165) is 10.1 Å². The van der Waals surface area contributed by atoms with Crippen molar-refractivity contribution in [2.24, 2.45) is 0 Å². The topological polar surface area (TPSA) is 57.6 Å². The van der Waals surface area contributed by atoms with E-state index in [1.807, 2.05) is 13.0 Å². The summed E-state index contributed by atoms with van der Waals surface area (Å²) in [4.78, 5) is 0. The molecule has 22 heavy (non-hydrogen) atoms. The van der Waals surface area contributed by atoms with Crippen LogP contribution in [0.15, 0.2) is 22.4 Å². The van der Waals surface area contributed by atoms with Gasteiger partial charge in [0.05, 0.1) is 6.10 Å².